The van der Waals surface area contributed by atoms with Crippen molar-refractivity contribution in [3.8, 4) is 0 Å². The fraction of sp³-hybridized carbons (Fsp3) is 0.909. The van der Waals surface area contributed by atoms with Gasteiger partial charge < -0.3 is 4.74 Å². The maximum atomic E-state index is 12.0. The first-order valence-electron chi connectivity index (χ1n) is 5.48. The molecule has 6 rings (SSSR count). The first kappa shape index (κ1) is 7.47. The molecule has 3 heteroatoms. The molecule has 0 saturated heterocycles. The van der Waals surface area contributed by atoms with Gasteiger partial charge in [-0.3, -0.25) is 4.79 Å². The summed E-state index contributed by atoms with van der Waals surface area (Å²) in [6, 6.07) is 0. The van der Waals surface area contributed by atoms with Crippen LogP contribution in [-0.2, 0) is 9.53 Å². The van der Waals surface area contributed by atoms with Gasteiger partial charge in [0.15, 0.2) is 0 Å². The Morgan fingerprint density at radius 1 is 1.29 bits per heavy atom. The van der Waals surface area contributed by atoms with E-state index >= 15 is 0 Å². The molecule has 2 nitrogen and oxygen atoms in total. The molecular weight excluding hydrogens is 291 g/mol. The Balaban J connectivity index is 1.78. The van der Waals surface area contributed by atoms with Gasteiger partial charge in [-0.2, -0.15) is 0 Å². The van der Waals surface area contributed by atoms with Gasteiger partial charge in [0.2, 0.25) is 0 Å². The largest absolute Gasteiger partial charge is 0.469 e. The molecular formula is C11H11IO2. The second-order valence-corrected chi connectivity index (χ2v) is 7.58. The Bertz CT molecular complexity index is 378. The van der Waals surface area contributed by atoms with E-state index in [1.54, 1.807) is 7.11 Å². The number of methoxy groups -OCH3 is 1. The average molecular weight is 302 g/mol. The number of esters is 1. The van der Waals surface area contributed by atoms with Crippen LogP contribution in [0.2, 0.25) is 0 Å². The molecule has 0 N–H and O–H groups in total. The van der Waals surface area contributed by atoms with Gasteiger partial charge in [-0.25, -0.2) is 0 Å². The number of halogens is 1. The van der Waals surface area contributed by atoms with E-state index in [1.807, 2.05) is 0 Å². The van der Waals surface area contributed by atoms with Crippen molar-refractivity contribution in [1.82, 2.24) is 0 Å². The highest BCUT2D eigenvalue weighted by atomic mass is 127. The van der Waals surface area contributed by atoms with E-state index in [4.69, 9.17) is 4.74 Å². The van der Waals surface area contributed by atoms with Crippen molar-refractivity contribution >= 4 is 28.6 Å². The molecule has 14 heavy (non-hydrogen) atoms. The summed E-state index contributed by atoms with van der Waals surface area (Å²) in [4.78, 5) is 12.0. The summed E-state index contributed by atoms with van der Waals surface area (Å²) in [7, 11) is 1.56. The van der Waals surface area contributed by atoms with Crippen LogP contribution in [0.15, 0.2) is 0 Å². The number of carbonyl (C=O) groups is 1. The zero-order valence-corrected chi connectivity index (χ0v) is 10.0. The molecule has 0 aromatic heterocycles. The molecule has 74 valence electrons. The van der Waals surface area contributed by atoms with Crippen molar-refractivity contribution in [2.45, 2.75) is 9.84 Å². The molecule has 0 aromatic carbocycles. The van der Waals surface area contributed by atoms with Crippen molar-refractivity contribution in [1.29, 1.82) is 0 Å². The second-order valence-electron chi connectivity index (χ2n) is 5.80. The van der Waals surface area contributed by atoms with Gasteiger partial charge in [0.1, 0.15) is 0 Å². The summed E-state index contributed by atoms with van der Waals surface area (Å²) < 4.78 is 5.43. The highest BCUT2D eigenvalue weighted by Crippen LogP contribution is 3.03. The summed E-state index contributed by atoms with van der Waals surface area (Å²) in [6.07, 6.45) is 1.44. The van der Waals surface area contributed by atoms with Crippen LogP contribution in [-0.4, -0.2) is 16.5 Å². The minimum atomic E-state index is 0.0191. The predicted octanol–water partition coefficient (Wildman–Crippen LogP) is 1.47. The van der Waals surface area contributed by atoms with Crippen LogP contribution in [0.4, 0.5) is 0 Å². The van der Waals surface area contributed by atoms with Crippen LogP contribution >= 0.6 is 22.6 Å². The van der Waals surface area contributed by atoms with Gasteiger partial charge >= 0.3 is 5.97 Å². The fourth-order valence-electron chi connectivity index (χ4n) is 6.22. The third-order valence-electron chi connectivity index (χ3n) is 6.12. The molecule has 6 atom stereocenters. The van der Waals surface area contributed by atoms with Gasteiger partial charge in [0.05, 0.1) is 12.5 Å². The lowest BCUT2D eigenvalue weighted by molar-refractivity contribution is -0.148. The lowest BCUT2D eigenvalue weighted by Crippen LogP contribution is -2.29. The fourth-order valence-corrected chi connectivity index (χ4v) is 8.68. The minimum absolute atomic E-state index is 0.0191. The van der Waals surface area contributed by atoms with Gasteiger partial charge in [0, 0.05) is 3.42 Å². The van der Waals surface area contributed by atoms with Gasteiger partial charge in [-0.15, -0.1) is 0 Å². The lowest BCUT2D eigenvalue weighted by atomic mass is 9.98. The first-order valence-corrected chi connectivity index (χ1v) is 6.56. The Kier molecular flexibility index (Phi) is 0.846. The molecule has 6 saturated carbocycles. The Labute approximate surface area is 95.9 Å². The predicted molar refractivity (Wildman–Crippen MR) is 56.8 cm³/mol. The molecule has 6 unspecified atom stereocenters. The number of hydrogen-bond acceptors (Lipinski definition) is 2. The maximum absolute atomic E-state index is 12.0. The Morgan fingerprint density at radius 2 is 1.86 bits per heavy atom. The van der Waals surface area contributed by atoms with Crippen LogP contribution < -0.4 is 0 Å². The smallest absolute Gasteiger partial charge is 0.313 e. The number of hydrogen-bond donors (Lipinski definition) is 0. The van der Waals surface area contributed by atoms with E-state index in [0.29, 0.717) is 3.42 Å². The van der Waals surface area contributed by atoms with E-state index in [9.17, 15) is 4.79 Å². The van der Waals surface area contributed by atoms with Crippen LogP contribution in [0.1, 0.15) is 6.42 Å². The second kappa shape index (κ2) is 1.59. The minimum Gasteiger partial charge on any atom is -0.469 e. The molecule has 0 radical (unpaired) electrons. The lowest BCUT2D eigenvalue weighted by Gasteiger charge is -2.16. The summed E-state index contributed by atoms with van der Waals surface area (Å²) in [5.74, 6) is 5.24. The van der Waals surface area contributed by atoms with Crippen LogP contribution in [0.3, 0.4) is 0 Å². The summed E-state index contributed by atoms with van der Waals surface area (Å²) in [5.41, 5.74) is 0.0191. The quantitative estimate of drug-likeness (QED) is 0.417. The van der Waals surface area contributed by atoms with Gasteiger partial charge in [-0.1, -0.05) is 22.6 Å². The highest BCUT2D eigenvalue weighted by molar-refractivity contribution is 14.1. The normalized spacial score (nSPS) is 77.9. The van der Waals surface area contributed by atoms with E-state index < -0.39 is 0 Å². The van der Waals surface area contributed by atoms with Crippen molar-refractivity contribution < 1.29 is 9.53 Å². The van der Waals surface area contributed by atoms with Crippen LogP contribution in [0.5, 0.6) is 0 Å². The van der Waals surface area contributed by atoms with Gasteiger partial charge in [0.25, 0.3) is 0 Å². The summed E-state index contributed by atoms with van der Waals surface area (Å²) in [5, 5.41) is 0. The third-order valence-corrected chi connectivity index (χ3v) is 8.45. The van der Waals surface area contributed by atoms with Gasteiger partial charge in [-0.05, 0) is 41.9 Å². The maximum Gasteiger partial charge on any atom is 0.313 e. The molecule has 0 aromatic rings. The molecule has 6 aliphatic carbocycles. The summed E-state index contributed by atoms with van der Waals surface area (Å²) in [6.45, 7) is 0. The van der Waals surface area contributed by atoms with Crippen LogP contribution in [0, 0.1) is 40.9 Å². The Hall–Kier alpha value is 0.200. The average Bonchev–Trinajstić information content (AvgIpc) is 2.89. The molecule has 0 aliphatic heterocycles. The van der Waals surface area contributed by atoms with E-state index in [1.165, 1.54) is 6.42 Å². The van der Waals surface area contributed by atoms with Crippen molar-refractivity contribution in [2.75, 3.05) is 7.11 Å². The Morgan fingerprint density at radius 3 is 2.21 bits per heavy atom. The standard InChI is InChI=1S/C11H11IO2/c1-14-9(13)10-5-3-2-4(6(5)10)8-7(3)11(8,10)12/h3-8H,2H2,1H3. The number of carbonyl (C=O) groups excluding carboxylic acids is 1. The van der Waals surface area contributed by atoms with Crippen molar-refractivity contribution in [2.24, 2.45) is 40.9 Å². The zero-order chi connectivity index (χ0) is 9.46. The third kappa shape index (κ3) is 0.360. The van der Waals surface area contributed by atoms with E-state index in [0.717, 1.165) is 35.5 Å². The SMILES string of the molecule is COC(=O)C12C3C4CC(C5C4C51I)C32. The number of ether oxygens (including phenoxy) is 1. The molecule has 2 bridgehead atoms. The topological polar surface area (TPSA) is 26.3 Å². The van der Waals surface area contributed by atoms with E-state index in [2.05, 4.69) is 22.6 Å². The molecule has 6 fully saturated rings. The monoisotopic (exact) mass is 302 g/mol. The molecule has 0 amide bonds. The summed E-state index contributed by atoms with van der Waals surface area (Å²) >= 11 is 2.61. The molecule has 0 spiro atoms. The first-order chi connectivity index (χ1) is 6.70. The molecule has 0 heterocycles. The molecule has 6 aliphatic rings. The zero-order valence-electron chi connectivity index (χ0n) is 7.87. The van der Waals surface area contributed by atoms with E-state index in [-0.39, 0.29) is 11.4 Å². The van der Waals surface area contributed by atoms with Crippen LogP contribution in [0.25, 0.3) is 0 Å². The van der Waals surface area contributed by atoms with Crippen molar-refractivity contribution in [3.63, 3.8) is 0 Å². The number of alkyl halides is 1. The highest BCUT2D eigenvalue weighted by Gasteiger charge is 3.06. The number of rotatable bonds is 1. The van der Waals surface area contributed by atoms with Crippen molar-refractivity contribution in [3.05, 3.63) is 0 Å².